The van der Waals surface area contributed by atoms with E-state index in [9.17, 15) is 0 Å². The van der Waals surface area contributed by atoms with Crippen molar-refractivity contribution in [3.05, 3.63) is 71.8 Å². The van der Waals surface area contributed by atoms with Crippen molar-refractivity contribution in [1.82, 2.24) is 9.97 Å². The van der Waals surface area contributed by atoms with Crippen LogP contribution in [-0.2, 0) is 0 Å². The van der Waals surface area contributed by atoms with Crippen LogP contribution in [0, 0.1) is 6.92 Å². The summed E-state index contributed by atoms with van der Waals surface area (Å²) in [4.78, 5) is 9.27. The van der Waals surface area contributed by atoms with Gasteiger partial charge in [0.2, 0.25) is 0 Å². The molecule has 2 heterocycles. The maximum atomic E-state index is 4.85. The van der Waals surface area contributed by atoms with E-state index in [1.807, 2.05) is 12.3 Å². The van der Waals surface area contributed by atoms with Crippen molar-refractivity contribution in [2.75, 3.05) is 5.32 Å². The molecule has 1 aliphatic carbocycles. The van der Waals surface area contributed by atoms with Gasteiger partial charge in [-0.3, -0.25) is 4.98 Å². The second kappa shape index (κ2) is 6.78. The first-order valence-electron chi connectivity index (χ1n) is 8.21. The quantitative estimate of drug-likeness (QED) is 0.839. The average Bonchev–Trinajstić information content (AvgIpc) is 2.50. The lowest BCUT2D eigenvalue weighted by atomic mass is 9.82. The van der Waals surface area contributed by atoms with Crippen LogP contribution >= 0.6 is 0 Å². The number of nitrogens with zero attached hydrogens (tertiary/aromatic N) is 2. The number of aromatic nitrogens is 2. The summed E-state index contributed by atoms with van der Waals surface area (Å²) in [7, 11) is 0. The van der Waals surface area contributed by atoms with E-state index >= 15 is 0 Å². The van der Waals surface area contributed by atoms with E-state index in [4.69, 9.17) is 4.98 Å². The molecule has 0 atom stereocenters. The highest BCUT2D eigenvalue weighted by molar-refractivity contribution is 5.80. The van der Waals surface area contributed by atoms with Crippen molar-refractivity contribution in [2.45, 2.75) is 39.0 Å². The largest absolute Gasteiger partial charge is 0.347 e. The molecular weight excluding hydrogens is 282 g/mol. The van der Waals surface area contributed by atoms with Crippen LogP contribution in [0.3, 0.4) is 0 Å². The molecule has 2 aromatic rings. The molecule has 0 unspecified atom stereocenters. The lowest BCUT2D eigenvalue weighted by molar-refractivity contribution is 0.410. The number of allylic oxidation sites excluding steroid dienone is 1. The highest BCUT2D eigenvalue weighted by Crippen LogP contribution is 2.36. The third kappa shape index (κ3) is 3.19. The number of pyridine rings is 2. The molecule has 1 saturated carbocycles. The smallest absolute Gasteiger partial charge is 0.129 e. The molecule has 3 rings (SSSR count). The summed E-state index contributed by atoms with van der Waals surface area (Å²) in [5.74, 6) is 1.47. The highest BCUT2D eigenvalue weighted by Gasteiger charge is 2.21. The minimum Gasteiger partial charge on any atom is -0.347 e. The topological polar surface area (TPSA) is 37.8 Å². The van der Waals surface area contributed by atoms with Gasteiger partial charge < -0.3 is 5.32 Å². The zero-order valence-corrected chi connectivity index (χ0v) is 13.8. The van der Waals surface area contributed by atoms with Crippen LogP contribution in [0.25, 0.3) is 5.57 Å². The molecule has 0 aliphatic heterocycles. The van der Waals surface area contributed by atoms with E-state index < -0.39 is 0 Å². The lowest BCUT2D eigenvalue weighted by Gasteiger charge is -2.25. The summed E-state index contributed by atoms with van der Waals surface area (Å²) in [5, 5.41) is 3.00. The Bertz CT molecular complexity index is 725. The summed E-state index contributed by atoms with van der Waals surface area (Å²) in [6, 6.07) is 8.44. The maximum absolute atomic E-state index is 4.85. The second-order valence-electron chi connectivity index (χ2n) is 5.98. The van der Waals surface area contributed by atoms with E-state index in [2.05, 4.69) is 55.0 Å². The predicted octanol–water partition coefficient (Wildman–Crippen LogP) is 5.06. The number of nitrogens with one attached hydrogen (secondary N) is 1. The molecule has 3 nitrogen and oxygen atoms in total. The molecule has 0 radical (unpaired) electrons. The van der Waals surface area contributed by atoms with Crippen molar-refractivity contribution in [3.63, 3.8) is 0 Å². The Balaban J connectivity index is 1.89. The van der Waals surface area contributed by atoms with Crippen LogP contribution in [0.1, 0.15) is 54.6 Å². The van der Waals surface area contributed by atoms with Gasteiger partial charge in [-0.05, 0) is 56.7 Å². The molecule has 23 heavy (non-hydrogen) atoms. The number of anilines is 1. The monoisotopic (exact) mass is 305 g/mol. The van der Waals surface area contributed by atoms with Crippen molar-refractivity contribution in [2.24, 2.45) is 0 Å². The first kappa shape index (κ1) is 15.5. The number of hydrogen-bond donors (Lipinski definition) is 1. The molecule has 0 aromatic carbocycles. The number of aryl methyl sites for hydroxylation is 1. The van der Waals surface area contributed by atoms with Crippen LogP contribution in [0.5, 0.6) is 0 Å². The highest BCUT2D eigenvalue weighted by atomic mass is 15.0. The molecule has 118 valence electrons. The van der Waals surface area contributed by atoms with Crippen LogP contribution in [-0.4, -0.2) is 9.97 Å². The Morgan fingerprint density at radius 2 is 2.09 bits per heavy atom. The molecule has 0 spiro atoms. The third-order valence-electron chi connectivity index (χ3n) is 4.53. The Kier molecular flexibility index (Phi) is 4.56. The van der Waals surface area contributed by atoms with Crippen molar-refractivity contribution in [3.8, 4) is 0 Å². The zero-order chi connectivity index (χ0) is 16.2. The zero-order valence-electron chi connectivity index (χ0n) is 13.8. The maximum Gasteiger partial charge on any atom is 0.129 e. The third-order valence-corrected chi connectivity index (χ3v) is 4.53. The fourth-order valence-corrected chi connectivity index (χ4v) is 3.02. The minimum absolute atomic E-state index is 0.669. The Labute approximate surface area is 138 Å². The van der Waals surface area contributed by atoms with Crippen molar-refractivity contribution in [1.29, 1.82) is 0 Å². The molecule has 3 heteroatoms. The van der Waals surface area contributed by atoms with Crippen LogP contribution in [0.2, 0.25) is 0 Å². The fraction of sp³-hybridized carbons (Fsp3) is 0.300. The Morgan fingerprint density at radius 1 is 1.26 bits per heavy atom. The van der Waals surface area contributed by atoms with E-state index in [1.54, 1.807) is 6.20 Å². The molecule has 0 saturated heterocycles. The van der Waals surface area contributed by atoms with Crippen molar-refractivity contribution >= 4 is 11.4 Å². The lowest BCUT2D eigenvalue weighted by Crippen LogP contribution is -2.11. The molecule has 2 aromatic heterocycles. The fourth-order valence-electron chi connectivity index (χ4n) is 3.02. The van der Waals surface area contributed by atoms with Gasteiger partial charge in [-0.15, -0.1) is 0 Å². The van der Waals surface area contributed by atoms with Crippen LogP contribution in [0.4, 0.5) is 5.82 Å². The van der Waals surface area contributed by atoms with Gasteiger partial charge >= 0.3 is 0 Å². The minimum atomic E-state index is 0.669. The second-order valence-corrected chi connectivity index (χ2v) is 5.98. The van der Waals surface area contributed by atoms with Crippen LogP contribution in [0.15, 0.2) is 49.3 Å². The molecule has 1 N–H and O–H groups in total. The first-order chi connectivity index (χ1) is 11.2. The van der Waals surface area contributed by atoms with E-state index in [0.717, 1.165) is 17.1 Å². The van der Waals surface area contributed by atoms with Crippen LogP contribution < -0.4 is 5.32 Å². The Morgan fingerprint density at radius 3 is 2.61 bits per heavy atom. The summed E-state index contributed by atoms with van der Waals surface area (Å²) in [6.07, 6.45) is 9.55. The van der Waals surface area contributed by atoms with Gasteiger partial charge in [0.25, 0.3) is 0 Å². The molecule has 1 fully saturated rings. The average molecular weight is 305 g/mol. The van der Waals surface area contributed by atoms with Gasteiger partial charge in [0.1, 0.15) is 5.82 Å². The van der Waals surface area contributed by atoms with Crippen molar-refractivity contribution < 1.29 is 0 Å². The van der Waals surface area contributed by atoms with Gasteiger partial charge in [-0.1, -0.05) is 25.1 Å². The first-order valence-corrected chi connectivity index (χ1v) is 8.21. The van der Waals surface area contributed by atoms with Gasteiger partial charge in [-0.2, -0.15) is 0 Å². The molecule has 0 bridgehead atoms. The van der Waals surface area contributed by atoms with E-state index in [1.165, 1.54) is 36.1 Å². The van der Waals surface area contributed by atoms with E-state index in [0.29, 0.717) is 5.92 Å². The molecule has 0 amide bonds. The van der Waals surface area contributed by atoms with E-state index in [-0.39, 0.29) is 0 Å². The molecular formula is C20H23N3. The predicted molar refractivity (Wildman–Crippen MR) is 96.4 cm³/mol. The summed E-state index contributed by atoms with van der Waals surface area (Å²) in [5.41, 5.74) is 5.80. The molecule has 1 aliphatic rings. The van der Waals surface area contributed by atoms with Gasteiger partial charge in [-0.25, -0.2) is 4.98 Å². The summed E-state index contributed by atoms with van der Waals surface area (Å²) >= 11 is 0. The van der Waals surface area contributed by atoms with Gasteiger partial charge in [0, 0.05) is 34.6 Å². The summed E-state index contributed by atoms with van der Waals surface area (Å²) < 4.78 is 0. The normalized spacial score (nSPS) is 15.1. The SMILES string of the molecule is C=CNc1ccc(/C(=C/C)c2ccc(C3CCC3)nc2C)cn1. The summed E-state index contributed by atoms with van der Waals surface area (Å²) in [6.45, 7) is 7.81. The van der Waals surface area contributed by atoms with Gasteiger partial charge in [0.15, 0.2) is 0 Å². The standard InChI is InChI=1S/C20H23N3/c1-4-17(16-9-12-20(21-5-2)22-13-16)18-10-11-19(23-14(18)3)15-7-6-8-15/h4-5,9-13,15H,2,6-8H2,1,3H3,(H,21,22)/b17-4-. The number of hydrogen-bond acceptors (Lipinski definition) is 3. The Hall–Kier alpha value is -2.42. The van der Waals surface area contributed by atoms with Gasteiger partial charge in [0.05, 0.1) is 0 Å². The number of rotatable bonds is 5.